The second-order valence-electron chi connectivity index (χ2n) is 8.02. The molecule has 0 aromatic heterocycles. The van der Waals surface area contributed by atoms with Crippen LogP contribution >= 0.6 is 0 Å². The summed E-state index contributed by atoms with van der Waals surface area (Å²) in [7, 11) is 0. The fourth-order valence-electron chi connectivity index (χ4n) is 2.37. The first kappa shape index (κ1) is 25.6. The molecule has 0 unspecified atom stereocenters. The van der Waals surface area contributed by atoms with E-state index in [4.69, 9.17) is 9.47 Å². The Hall–Kier alpha value is -1.38. The molecule has 0 atom stereocenters. The standard InChI is InChI=1S/C25H42O2/c1-20(2)11-9-13-23(7)15-17-26-25(19-22(5)6)27-18-16-24(8)14-10-12-21(3)4/h11-12,15-16,19,25H,9-10,13-14,17-18H2,1-8H3. The van der Waals surface area contributed by atoms with E-state index in [0.29, 0.717) is 13.2 Å². The Morgan fingerprint density at radius 3 is 1.33 bits per heavy atom. The summed E-state index contributed by atoms with van der Waals surface area (Å²) in [5, 5.41) is 0. The van der Waals surface area contributed by atoms with E-state index in [1.807, 2.05) is 6.08 Å². The molecule has 0 rings (SSSR count). The summed E-state index contributed by atoms with van der Waals surface area (Å²) in [5.41, 5.74) is 6.67. The molecular formula is C25H42O2. The summed E-state index contributed by atoms with van der Waals surface area (Å²) in [6.07, 6.45) is 15.0. The van der Waals surface area contributed by atoms with Gasteiger partial charge in [0.2, 0.25) is 0 Å². The Kier molecular flexibility index (Phi) is 14.9. The second kappa shape index (κ2) is 15.7. The lowest BCUT2D eigenvalue weighted by atomic mass is 10.1. The van der Waals surface area contributed by atoms with Crippen molar-refractivity contribution in [3.63, 3.8) is 0 Å². The minimum atomic E-state index is -0.293. The highest BCUT2D eigenvalue weighted by Crippen LogP contribution is 2.10. The quantitative estimate of drug-likeness (QED) is 0.243. The highest BCUT2D eigenvalue weighted by atomic mass is 16.7. The molecule has 0 amide bonds. The Labute approximate surface area is 168 Å². The van der Waals surface area contributed by atoms with E-state index in [2.05, 4.69) is 79.7 Å². The lowest BCUT2D eigenvalue weighted by Crippen LogP contribution is -2.15. The molecule has 154 valence electrons. The molecule has 0 aromatic carbocycles. The molecule has 0 bridgehead atoms. The molecule has 2 heteroatoms. The van der Waals surface area contributed by atoms with Gasteiger partial charge in [0.25, 0.3) is 0 Å². The smallest absolute Gasteiger partial charge is 0.177 e. The summed E-state index contributed by atoms with van der Waals surface area (Å²) < 4.78 is 11.8. The Balaban J connectivity index is 4.41. The van der Waals surface area contributed by atoms with Crippen LogP contribution in [0.4, 0.5) is 0 Å². The SMILES string of the molecule is CC(C)=CCCC(C)=CCOC(C=C(C)C)OCC=C(C)CCC=C(C)C. The maximum atomic E-state index is 5.92. The molecule has 0 radical (unpaired) electrons. The first-order valence-corrected chi connectivity index (χ1v) is 10.2. The van der Waals surface area contributed by atoms with E-state index in [1.165, 1.54) is 27.9 Å². The van der Waals surface area contributed by atoms with Gasteiger partial charge in [0.05, 0.1) is 13.2 Å². The lowest BCUT2D eigenvalue weighted by Gasteiger charge is -2.14. The van der Waals surface area contributed by atoms with Crippen LogP contribution in [0.15, 0.2) is 58.2 Å². The van der Waals surface area contributed by atoms with Crippen LogP contribution < -0.4 is 0 Å². The Morgan fingerprint density at radius 2 is 1.00 bits per heavy atom. The van der Waals surface area contributed by atoms with Crippen molar-refractivity contribution < 1.29 is 9.47 Å². The topological polar surface area (TPSA) is 18.5 Å². The van der Waals surface area contributed by atoms with Gasteiger partial charge in [0.15, 0.2) is 6.29 Å². The third-order valence-electron chi connectivity index (χ3n) is 4.04. The third kappa shape index (κ3) is 17.8. The average Bonchev–Trinajstić information content (AvgIpc) is 2.53. The monoisotopic (exact) mass is 374 g/mol. The van der Waals surface area contributed by atoms with Gasteiger partial charge in [-0.25, -0.2) is 0 Å². The Morgan fingerprint density at radius 1 is 0.593 bits per heavy atom. The maximum absolute atomic E-state index is 5.92. The predicted octanol–water partition coefficient (Wildman–Crippen LogP) is 7.70. The van der Waals surface area contributed by atoms with E-state index in [9.17, 15) is 0 Å². The van der Waals surface area contributed by atoms with E-state index < -0.39 is 0 Å². The van der Waals surface area contributed by atoms with Gasteiger partial charge in [-0.1, -0.05) is 52.2 Å². The molecule has 2 nitrogen and oxygen atoms in total. The van der Waals surface area contributed by atoms with Crippen LogP contribution in [0.1, 0.15) is 81.1 Å². The molecule has 0 saturated carbocycles. The van der Waals surface area contributed by atoms with Crippen LogP contribution in [0.3, 0.4) is 0 Å². The third-order valence-corrected chi connectivity index (χ3v) is 4.04. The van der Waals surface area contributed by atoms with Crippen LogP contribution in [0.5, 0.6) is 0 Å². The number of rotatable bonds is 13. The van der Waals surface area contributed by atoms with Crippen LogP contribution in [0.25, 0.3) is 0 Å². The van der Waals surface area contributed by atoms with Crippen LogP contribution in [0, 0.1) is 0 Å². The normalized spacial score (nSPS) is 13.2. The van der Waals surface area contributed by atoms with Crippen LogP contribution in [0.2, 0.25) is 0 Å². The second-order valence-corrected chi connectivity index (χ2v) is 8.02. The molecule has 27 heavy (non-hydrogen) atoms. The highest BCUT2D eigenvalue weighted by molar-refractivity contribution is 5.04. The molecule has 0 aliphatic rings. The zero-order valence-electron chi connectivity index (χ0n) is 19.0. The van der Waals surface area contributed by atoms with Crippen molar-refractivity contribution in [3.8, 4) is 0 Å². The van der Waals surface area contributed by atoms with Gasteiger partial charge in [-0.3, -0.25) is 0 Å². The number of allylic oxidation sites excluding steroid dienone is 7. The van der Waals surface area contributed by atoms with Gasteiger partial charge < -0.3 is 9.47 Å². The number of hydrogen-bond donors (Lipinski definition) is 0. The van der Waals surface area contributed by atoms with E-state index in [-0.39, 0.29) is 6.29 Å². The van der Waals surface area contributed by atoms with Gasteiger partial charge in [-0.15, -0.1) is 0 Å². The molecule has 0 spiro atoms. The average molecular weight is 375 g/mol. The number of ether oxygens (including phenoxy) is 2. The van der Waals surface area contributed by atoms with Crippen molar-refractivity contribution >= 4 is 0 Å². The zero-order valence-corrected chi connectivity index (χ0v) is 19.0. The largest absolute Gasteiger partial charge is 0.345 e. The first-order valence-electron chi connectivity index (χ1n) is 10.2. The summed E-state index contributed by atoms with van der Waals surface area (Å²) in [5.74, 6) is 0. The van der Waals surface area contributed by atoms with Gasteiger partial charge in [-0.05, 0) is 87.1 Å². The molecule has 0 saturated heterocycles. The summed E-state index contributed by atoms with van der Waals surface area (Å²) in [4.78, 5) is 0. The molecule has 0 aliphatic carbocycles. The van der Waals surface area contributed by atoms with Crippen LogP contribution in [-0.2, 0) is 9.47 Å². The molecule has 0 aromatic rings. The molecule has 0 N–H and O–H groups in total. The molecule has 0 aliphatic heterocycles. The van der Waals surface area contributed by atoms with E-state index >= 15 is 0 Å². The molecular weight excluding hydrogens is 332 g/mol. The van der Waals surface area contributed by atoms with Crippen molar-refractivity contribution in [2.24, 2.45) is 0 Å². The van der Waals surface area contributed by atoms with Gasteiger partial charge >= 0.3 is 0 Å². The molecule has 0 fully saturated rings. The summed E-state index contributed by atoms with van der Waals surface area (Å²) in [6.45, 7) is 18.2. The van der Waals surface area contributed by atoms with E-state index in [1.54, 1.807) is 0 Å². The highest BCUT2D eigenvalue weighted by Gasteiger charge is 2.04. The molecule has 0 heterocycles. The predicted molar refractivity (Wildman–Crippen MR) is 120 cm³/mol. The van der Waals surface area contributed by atoms with Crippen LogP contribution in [-0.4, -0.2) is 19.5 Å². The van der Waals surface area contributed by atoms with Crippen molar-refractivity contribution in [2.45, 2.75) is 87.4 Å². The summed E-state index contributed by atoms with van der Waals surface area (Å²) >= 11 is 0. The van der Waals surface area contributed by atoms with Gasteiger partial charge in [0.1, 0.15) is 0 Å². The van der Waals surface area contributed by atoms with E-state index in [0.717, 1.165) is 25.7 Å². The van der Waals surface area contributed by atoms with Gasteiger partial charge in [-0.2, -0.15) is 0 Å². The van der Waals surface area contributed by atoms with Crippen molar-refractivity contribution in [1.29, 1.82) is 0 Å². The summed E-state index contributed by atoms with van der Waals surface area (Å²) in [6, 6.07) is 0. The van der Waals surface area contributed by atoms with Crippen molar-refractivity contribution in [2.75, 3.05) is 13.2 Å². The zero-order chi connectivity index (χ0) is 20.7. The fourth-order valence-corrected chi connectivity index (χ4v) is 2.37. The maximum Gasteiger partial charge on any atom is 0.177 e. The number of hydrogen-bond acceptors (Lipinski definition) is 2. The van der Waals surface area contributed by atoms with Crippen molar-refractivity contribution in [3.05, 3.63) is 58.2 Å². The lowest BCUT2D eigenvalue weighted by molar-refractivity contribution is -0.0942. The fraction of sp³-hybridized carbons (Fsp3) is 0.600. The first-order chi connectivity index (χ1) is 12.7. The minimum Gasteiger partial charge on any atom is -0.345 e. The van der Waals surface area contributed by atoms with Crippen molar-refractivity contribution in [1.82, 2.24) is 0 Å². The van der Waals surface area contributed by atoms with Gasteiger partial charge in [0, 0.05) is 0 Å². The minimum absolute atomic E-state index is 0.293. The Bertz CT molecular complexity index is 505.